The highest BCUT2D eigenvalue weighted by molar-refractivity contribution is 6.32. The molecule has 2 aliphatic heterocycles. The van der Waals surface area contributed by atoms with Crippen LogP contribution in [0.5, 0.6) is 0 Å². The molecule has 2 saturated heterocycles. The number of alkyl halides is 1. The molecule has 8 nitrogen and oxygen atoms in total. The van der Waals surface area contributed by atoms with E-state index in [1.165, 1.54) is 0 Å². The van der Waals surface area contributed by atoms with Crippen LogP contribution >= 0.6 is 11.6 Å². The van der Waals surface area contributed by atoms with Crippen molar-refractivity contribution in [3.8, 4) is 6.07 Å². The van der Waals surface area contributed by atoms with Crippen molar-refractivity contribution in [3.63, 3.8) is 0 Å². The van der Waals surface area contributed by atoms with Crippen LogP contribution in [0, 0.1) is 11.3 Å². The normalized spacial score (nSPS) is 22.7. The summed E-state index contributed by atoms with van der Waals surface area (Å²) >= 11 is 6.45. The summed E-state index contributed by atoms with van der Waals surface area (Å²) in [6.07, 6.45) is 5.12. The number of benzene rings is 1. The van der Waals surface area contributed by atoms with E-state index < -0.39 is 6.17 Å². The summed E-state index contributed by atoms with van der Waals surface area (Å²) in [5.74, 6) is 0.0471. The molecule has 0 spiro atoms. The number of nitrogens with one attached hydrogen (secondary N) is 1. The Morgan fingerprint density at radius 1 is 1.17 bits per heavy atom. The number of nitriles is 1. The third-order valence-corrected chi connectivity index (χ3v) is 7.23. The lowest BCUT2D eigenvalue weighted by Crippen LogP contribution is -2.54. The number of ether oxygens (including phenoxy) is 1. The second kappa shape index (κ2) is 10.1. The van der Waals surface area contributed by atoms with Crippen LogP contribution in [0.2, 0.25) is 5.15 Å². The summed E-state index contributed by atoms with van der Waals surface area (Å²) in [7, 11) is 0. The number of piperidine rings is 1. The van der Waals surface area contributed by atoms with Gasteiger partial charge in [0.2, 0.25) is 5.95 Å². The van der Waals surface area contributed by atoms with E-state index in [-0.39, 0.29) is 5.92 Å². The molecule has 1 N–H and O–H groups in total. The summed E-state index contributed by atoms with van der Waals surface area (Å²) in [5.41, 5.74) is 2.50. The monoisotopic (exact) mass is 497 g/mol. The van der Waals surface area contributed by atoms with Gasteiger partial charge in [-0.25, -0.2) is 19.0 Å². The molecule has 10 heteroatoms. The van der Waals surface area contributed by atoms with Gasteiger partial charge in [-0.3, -0.25) is 4.90 Å². The van der Waals surface area contributed by atoms with E-state index >= 15 is 4.39 Å². The molecule has 3 aromatic rings. The first-order valence-corrected chi connectivity index (χ1v) is 12.6. The minimum Gasteiger partial charge on any atom is -0.378 e. The number of hydrogen-bond donors (Lipinski definition) is 1. The van der Waals surface area contributed by atoms with Gasteiger partial charge in [-0.05, 0) is 43.5 Å². The summed E-state index contributed by atoms with van der Waals surface area (Å²) in [4.78, 5) is 11.2. The van der Waals surface area contributed by atoms with Crippen molar-refractivity contribution in [2.24, 2.45) is 0 Å². The molecule has 3 aliphatic rings. The Hall–Kier alpha value is -2.80. The van der Waals surface area contributed by atoms with Crippen LogP contribution in [0.1, 0.15) is 56.2 Å². The minimum absolute atomic E-state index is 0.314. The molecule has 3 fully saturated rings. The third-order valence-electron chi connectivity index (χ3n) is 6.85. The molecule has 6 rings (SSSR count). The maximum atomic E-state index is 15.2. The lowest BCUT2D eigenvalue weighted by Gasteiger charge is -2.43. The molecule has 1 aromatic carbocycles. The number of anilines is 2. The Balaban J connectivity index is 0.00000124. The highest BCUT2D eigenvalue weighted by Crippen LogP contribution is 2.39. The Labute approximate surface area is 209 Å². The van der Waals surface area contributed by atoms with E-state index in [1.807, 2.05) is 24.6 Å². The Bertz CT molecular complexity index is 1250. The fraction of sp³-hybridized carbons (Fsp3) is 0.520. The largest absolute Gasteiger partial charge is 0.378 e. The molecular formula is C25H29ClFN7O. The van der Waals surface area contributed by atoms with E-state index in [0.29, 0.717) is 71.7 Å². The van der Waals surface area contributed by atoms with Crippen molar-refractivity contribution in [1.29, 1.82) is 5.26 Å². The number of nitrogens with zero attached hydrogens (tertiary/aromatic N) is 6. The van der Waals surface area contributed by atoms with Crippen LogP contribution in [0.3, 0.4) is 0 Å². The maximum absolute atomic E-state index is 15.2. The van der Waals surface area contributed by atoms with E-state index in [4.69, 9.17) is 16.3 Å². The van der Waals surface area contributed by atoms with Crippen LogP contribution in [0.4, 0.5) is 16.0 Å². The first kappa shape index (κ1) is 23.9. The number of halogens is 2. The van der Waals surface area contributed by atoms with Gasteiger partial charge in [-0.2, -0.15) is 10.4 Å². The zero-order valence-electron chi connectivity index (χ0n) is 19.9. The summed E-state index contributed by atoms with van der Waals surface area (Å²) in [5, 5.41) is 18.5. The Kier molecular flexibility index (Phi) is 6.87. The average molecular weight is 498 g/mol. The molecule has 35 heavy (non-hydrogen) atoms. The van der Waals surface area contributed by atoms with Crippen LogP contribution < -0.4 is 5.32 Å². The minimum atomic E-state index is -1.05. The average Bonchev–Trinajstić information content (AvgIpc) is 3.62. The van der Waals surface area contributed by atoms with Gasteiger partial charge in [0, 0.05) is 24.0 Å². The van der Waals surface area contributed by atoms with Crippen LogP contribution in [0.25, 0.3) is 10.9 Å². The molecule has 0 amide bonds. The highest BCUT2D eigenvalue weighted by Gasteiger charge is 2.37. The molecule has 1 aliphatic carbocycles. The van der Waals surface area contributed by atoms with Gasteiger partial charge in [0.25, 0.3) is 0 Å². The topological polar surface area (TPSA) is 91.9 Å². The number of fused-ring (bicyclic) bond motifs is 1. The van der Waals surface area contributed by atoms with Gasteiger partial charge in [0.05, 0.1) is 54.3 Å². The smallest absolute Gasteiger partial charge is 0.227 e. The maximum Gasteiger partial charge on any atom is 0.227 e. The van der Waals surface area contributed by atoms with E-state index in [2.05, 4.69) is 31.4 Å². The third kappa shape index (κ3) is 4.70. The fourth-order valence-corrected chi connectivity index (χ4v) is 5.01. The van der Waals surface area contributed by atoms with Crippen molar-refractivity contribution in [1.82, 2.24) is 24.6 Å². The van der Waals surface area contributed by atoms with Gasteiger partial charge < -0.3 is 10.1 Å². The molecule has 4 heterocycles. The molecule has 2 atom stereocenters. The lowest BCUT2D eigenvalue weighted by atomic mass is 9.84. The Morgan fingerprint density at radius 3 is 2.63 bits per heavy atom. The predicted molar refractivity (Wildman–Crippen MR) is 133 cm³/mol. The van der Waals surface area contributed by atoms with Crippen molar-refractivity contribution in [3.05, 3.63) is 40.8 Å². The van der Waals surface area contributed by atoms with E-state index in [9.17, 15) is 5.26 Å². The second-order valence-corrected chi connectivity index (χ2v) is 9.41. The quantitative estimate of drug-likeness (QED) is 0.531. The number of aromatic nitrogens is 4. The van der Waals surface area contributed by atoms with E-state index in [1.54, 1.807) is 18.5 Å². The van der Waals surface area contributed by atoms with Gasteiger partial charge >= 0.3 is 0 Å². The van der Waals surface area contributed by atoms with Crippen LogP contribution in [-0.4, -0.2) is 63.2 Å². The van der Waals surface area contributed by atoms with Crippen molar-refractivity contribution in [2.75, 3.05) is 31.6 Å². The van der Waals surface area contributed by atoms with Crippen molar-refractivity contribution < 1.29 is 9.13 Å². The number of likely N-dealkylation sites (tertiary alicyclic amines) is 1. The van der Waals surface area contributed by atoms with Gasteiger partial charge in [-0.15, -0.1) is 0 Å². The van der Waals surface area contributed by atoms with Gasteiger partial charge in [0.1, 0.15) is 6.17 Å². The predicted octanol–water partition coefficient (Wildman–Crippen LogP) is 4.98. The summed E-state index contributed by atoms with van der Waals surface area (Å²) < 4.78 is 22.3. The summed E-state index contributed by atoms with van der Waals surface area (Å²) in [6.45, 7) is 6.50. The van der Waals surface area contributed by atoms with Gasteiger partial charge in [0.15, 0.2) is 5.15 Å². The molecule has 2 aromatic heterocycles. The van der Waals surface area contributed by atoms with Crippen molar-refractivity contribution in [2.45, 2.75) is 57.3 Å². The second-order valence-electron chi connectivity index (χ2n) is 9.05. The van der Waals surface area contributed by atoms with Crippen LogP contribution in [0.15, 0.2) is 24.5 Å². The standard InChI is InChI=1S/C23H23ClFN7O.C2H6/c24-22-21(9-28-32(22)15-1-2-15)30-23-27-8-14-5-13(7-26)18(6-20(14)29-23)17-3-4-31(10-19(17)25)16-11-33-12-16;1-2/h5-6,8-9,15-17,19H,1-4,10-12H2,(H,27,29,30);1-2H3. The van der Waals surface area contributed by atoms with Crippen LogP contribution in [-0.2, 0) is 4.74 Å². The first-order valence-electron chi connectivity index (χ1n) is 12.3. The molecule has 1 saturated carbocycles. The lowest BCUT2D eigenvalue weighted by molar-refractivity contribution is -0.0807. The van der Waals surface area contributed by atoms with E-state index in [0.717, 1.165) is 24.8 Å². The van der Waals surface area contributed by atoms with Gasteiger partial charge in [-0.1, -0.05) is 25.4 Å². The molecule has 2 unspecified atom stereocenters. The SMILES string of the molecule is CC.N#Cc1cc2cnc(Nc3cnn(C4CC4)c3Cl)nc2cc1C1CCN(C2COC2)CC1F. The first-order chi connectivity index (χ1) is 17.1. The molecular weight excluding hydrogens is 469 g/mol. The molecule has 0 bridgehead atoms. The Morgan fingerprint density at radius 2 is 1.97 bits per heavy atom. The zero-order chi connectivity index (χ0) is 24.5. The molecule has 0 radical (unpaired) electrons. The number of rotatable bonds is 5. The zero-order valence-corrected chi connectivity index (χ0v) is 20.7. The summed E-state index contributed by atoms with van der Waals surface area (Å²) in [6, 6.07) is 6.52. The molecule has 184 valence electrons. The fourth-order valence-electron chi connectivity index (χ4n) is 4.73. The number of hydrogen-bond acceptors (Lipinski definition) is 7. The highest BCUT2D eigenvalue weighted by atomic mass is 35.5. The van der Waals surface area contributed by atoms with Crippen molar-refractivity contribution >= 4 is 34.1 Å².